The van der Waals surface area contributed by atoms with Gasteiger partial charge in [-0.2, -0.15) is 0 Å². The molecule has 3 N–H and O–H groups in total. The molecule has 2 aromatic rings. The van der Waals surface area contributed by atoms with Crippen molar-refractivity contribution >= 4 is 34.8 Å². The normalized spacial score (nSPS) is 13.7. The average molecular weight is 468 g/mol. The van der Waals surface area contributed by atoms with Crippen LogP contribution < -0.4 is 20.7 Å². The van der Waals surface area contributed by atoms with Crippen molar-refractivity contribution in [3.63, 3.8) is 0 Å². The molecular formula is C26H33N3O3S. The number of para-hydroxylation sites is 1. The number of nitrogens with one attached hydrogen (secondary N) is 3. The maximum Gasteiger partial charge on any atom is 0.257 e. The third kappa shape index (κ3) is 7.86. The summed E-state index contributed by atoms with van der Waals surface area (Å²) in [6.07, 6.45) is 8.84. The number of carbonyl (C=O) groups excluding carboxylic acids is 2. The fourth-order valence-corrected chi connectivity index (χ4v) is 4.08. The highest BCUT2D eigenvalue weighted by Gasteiger charge is 2.19. The zero-order chi connectivity index (χ0) is 23.5. The van der Waals surface area contributed by atoms with Crippen LogP contribution in [0.1, 0.15) is 79.0 Å². The minimum Gasteiger partial charge on any atom is -0.494 e. The maximum atomic E-state index is 12.8. The van der Waals surface area contributed by atoms with Crippen LogP contribution in [-0.4, -0.2) is 29.6 Å². The van der Waals surface area contributed by atoms with Gasteiger partial charge in [-0.3, -0.25) is 14.9 Å². The van der Waals surface area contributed by atoms with Gasteiger partial charge in [-0.25, -0.2) is 0 Å². The Labute approximate surface area is 201 Å². The van der Waals surface area contributed by atoms with Crippen molar-refractivity contribution < 1.29 is 14.3 Å². The van der Waals surface area contributed by atoms with Crippen LogP contribution in [0, 0.1) is 0 Å². The monoisotopic (exact) mass is 467 g/mol. The predicted molar refractivity (Wildman–Crippen MR) is 136 cm³/mol. The number of benzene rings is 2. The molecule has 33 heavy (non-hydrogen) atoms. The molecule has 1 aliphatic rings. The SMILES string of the molecule is CCCCCOc1ccc(C(=O)NC(=S)Nc2ccccc2C(=O)NC2CCCCC2)cc1. The lowest BCUT2D eigenvalue weighted by molar-refractivity contribution is 0.0927. The fraction of sp³-hybridized carbons (Fsp3) is 0.423. The van der Waals surface area contributed by atoms with Gasteiger partial charge in [-0.1, -0.05) is 51.2 Å². The second-order valence-electron chi connectivity index (χ2n) is 8.34. The van der Waals surface area contributed by atoms with Crippen molar-refractivity contribution in [2.45, 2.75) is 64.3 Å². The van der Waals surface area contributed by atoms with Crippen LogP contribution in [0.3, 0.4) is 0 Å². The van der Waals surface area contributed by atoms with Crippen molar-refractivity contribution in [3.8, 4) is 5.75 Å². The number of ether oxygens (including phenoxy) is 1. The lowest BCUT2D eigenvalue weighted by Crippen LogP contribution is -2.37. The van der Waals surface area contributed by atoms with Crippen LogP contribution in [0.2, 0.25) is 0 Å². The molecule has 6 nitrogen and oxygen atoms in total. The van der Waals surface area contributed by atoms with E-state index in [-0.39, 0.29) is 23.0 Å². The molecule has 1 saturated carbocycles. The van der Waals surface area contributed by atoms with E-state index in [1.54, 1.807) is 36.4 Å². The highest BCUT2D eigenvalue weighted by Crippen LogP contribution is 2.20. The van der Waals surface area contributed by atoms with Gasteiger partial charge in [0.25, 0.3) is 11.8 Å². The molecule has 0 aromatic heterocycles. The van der Waals surface area contributed by atoms with Crippen molar-refractivity contribution in [2.24, 2.45) is 0 Å². The highest BCUT2D eigenvalue weighted by atomic mass is 32.1. The molecule has 7 heteroatoms. The van der Waals surface area contributed by atoms with Crippen LogP contribution in [0.5, 0.6) is 5.75 Å². The lowest BCUT2D eigenvalue weighted by atomic mass is 9.95. The van der Waals surface area contributed by atoms with Gasteiger partial charge >= 0.3 is 0 Å². The average Bonchev–Trinajstić information content (AvgIpc) is 2.83. The number of rotatable bonds is 9. The predicted octanol–water partition coefficient (Wildman–Crippen LogP) is 5.44. The van der Waals surface area contributed by atoms with Crippen LogP contribution in [0.25, 0.3) is 0 Å². The molecule has 0 unspecified atom stereocenters. The van der Waals surface area contributed by atoms with E-state index < -0.39 is 0 Å². The molecule has 0 atom stereocenters. The smallest absolute Gasteiger partial charge is 0.257 e. The zero-order valence-electron chi connectivity index (χ0n) is 19.2. The molecule has 0 saturated heterocycles. The third-order valence-electron chi connectivity index (χ3n) is 5.72. The Hall–Kier alpha value is -2.93. The van der Waals surface area contributed by atoms with E-state index in [9.17, 15) is 9.59 Å². The van der Waals surface area contributed by atoms with Crippen molar-refractivity contribution in [2.75, 3.05) is 11.9 Å². The molecule has 0 spiro atoms. The Morgan fingerprint density at radius 2 is 1.70 bits per heavy atom. The molecule has 1 fully saturated rings. The Kier molecular flexibility index (Phi) is 9.69. The van der Waals surface area contributed by atoms with Crippen LogP contribution in [0.15, 0.2) is 48.5 Å². The van der Waals surface area contributed by atoms with E-state index in [1.807, 2.05) is 12.1 Å². The number of anilines is 1. The second kappa shape index (κ2) is 12.9. The Morgan fingerprint density at radius 1 is 0.970 bits per heavy atom. The van der Waals surface area contributed by atoms with Gasteiger partial charge in [0.1, 0.15) is 5.75 Å². The number of amides is 2. The van der Waals surface area contributed by atoms with Gasteiger partial charge in [0.2, 0.25) is 0 Å². The minimum absolute atomic E-state index is 0.131. The number of unbranched alkanes of at least 4 members (excludes halogenated alkanes) is 2. The number of hydrogen-bond donors (Lipinski definition) is 3. The van der Waals surface area contributed by atoms with E-state index in [2.05, 4.69) is 22.9 Å². The standard InChI is InChI=1S/C26H33N3O3S/c1-2-3-9-18-32-21-16-14-19(15-17-21)24(30)29-26(33)28-23-13-8-7-12-22(23)25(31)27-20-10-5-4-6-11-20/h7-8,12-17,20H,2-6,9-11,18H2,1H3,(H,27,31)(H2,28,29,30,33). The van der Waals surface area contributed by atoms with Crippen molar-refractivity contribution in [1.29, 1.82) is 0 Å². The van der Waals surface area contributed by atoms with Gasteiger partial charge in [0.05, 0.1) is 17.9 Å². The molecule has 3 rings (SSSR count). The Balaban J connectivity index is 1.54. The molecule has 176 valence electrons. The van der Waals surface area contributed by atoms with Gasteiger partial charge in [0.15, 0.2) is 5.11 Å². The summed E-state index contributed by atoms with van der Waals surface area (Å²) in [4.78, 5) is 25.4. The van der Waals surface area contributed by atoms with Crippen molar-refractivity contribution in [3.05, 3.63) is 59.7 Å². The number of hydrogen-bond acceptors (Lipinski definition) is 4. The molecule has 0 heterocycles. The highest BCUT2D eigenvalue weighted by molar-refractivity contribution is 7.80. The van der Waals surface area contributed by atoms with E-state index in [1.165, 1.54) is 6.42 Å². The Morgan fingerprint density at radius 3 is 2.42 bits per heavy atom. The summed E-state index contributed by atoms with van der Waals surface area (Å²) in [7, 11) is 0. The topological polar surface area (TPSA) is 79.5 Å². The van der Waals surface area contributed by atoms with Gasteiger partial charge < -0.3 is 15.4 Å². The first kappa shape index (κ1) is 24.7. The second-order valence-corrected chi connectivity index (χ2v) is 8.75. The van der Waals surface area contributed by atoms with E-state index >= 15 is 0 Å². The lowest BCUT2D eigenvalue weighted by Gasteiger charge is -2.23. The summed E-state index contributed by atoms with van der Waals surface area (Å²) in [5, 5.41) is 8.93. The van der Waals surface area contributed by atoms with Gasteiger partial charge in [-0.15, -0.1) is 0 Å². The first-order chi connectivity index (χ1) is 16.1. The van der Waals surface area contributed by atoms with E-state index in [4.69, 9.17) is 17.0 Å². The van der Waals surface area contributed by atoms with Gasteiger partial charge in [-0.05, 0) is 67.9 Å². The molecule has 1 aliphatic carbocycles. The van der Waals surface area contributed by atoms with Crippen LogP contribution in [0.4, 0.5) is 5.69 Å². The summed E-state index contributed by atoms with van der Waals surface area (Å²) < 4.78 is 5.69. The van der Waals surface area contributed by atoms with Crippen LogP contribution >= 0.6 is 12.2 Å². The summed E-state index contributed by atoms with van der Waals surface area (Å²) in [5.41, 5.74) is 1.54. The summed E-state index contributed by atoms with van der Waals surface area (Å²) in [5.74, 6) is 0.282. The van der Waals surface area contributed by atoms with Crippen molar-refractivity contribution in [1.82, 2.24) is 10.6 Å². The number of thiocarbonyl (C=S) groups is 1. The summed E-state index contributed by atoms with van der Waals surface area (Å²) in [6, 6.07) is 14.4. The first-order valence-corrected chi connectivity index (χ1v) is 12.2. The quantitative estimate of drug-likeness (QED) is 0.338. The molecule has 2 aromatic carbocycles. The largest absolute Gasteiger partial charge is 0.494 e. The first-order valence-electron chi connectivity index (χ1n) is 11.8. The van der Waals surface area contributed by atoms with Crippen LogP contribution in [-0.2, 0) is 0 Å². The van der Waals surface area contributed by atoms with E-state index in [0.29, 0.717) is 23.4 Å². The summed E-state index contributed by atoms with van der Waals surface area (Å²) >= 11 is 5.33. The fourth-order valence-electron chi connectivity index (χ4n) is 3.87. The third-order valence-corrected chi connectivity index (χ3v) is 5.92. The summed E-state index contributed by atoms with van der Waals surface area (Å²) in [6.45, 7) is 2.82. The molecule has 0 radical (unpaired) electrons. The van der Waals surface area contributed by atoms with E-state index in [0.717, 1.165) is 50.7 Å². The number of carbonyl (C=O) groups is 2. The molecule has 0 aliphatic heterocycles. The molecule has 0 bridgehead atoms. The molecule has 2 amide bonds. The Bertz CT molecular complexity index is 940. The maximum absolute atomic E-state index is 12.8. The van der Waals surface area contributed by atoms with Gasteiger partial charge in [0, 0.05) is 11.6 Å². The molecular weight excluding hydrogens is 434 g/mol. The minimum atomic E-state index is -0.325. The zero-order valence-corrected chi connectivity index (χ0v) is 20.0.